The largest absolute Gasteiger partial charge is 0.294 e. The molecule has 7 rings (SSSR count). The Morgan fingerprint density at radius 3 is 1.53 bits per heavy atom. The smallest absolute Gasteiger partial charge is 0.258 e. The molecule has 1 aliphatic carbocycles. The zero-order valence-electron chi connectivity index (χ0n) is 16.1. The van der Waals surface area contributed by atoms with Gasteiger partial charge in [-0.2, -0.15) is 0 Å². The van der Waals surface area contributed by atoms with Crippen molar-refractivity contribution in [3.8, 4) is 0 Å². The third-order valence-electron chi connectivity index (χ3n) is 6.65. The number of nitrogens with one attached hydrogen (secondary N) is 1. The molecule has 0 atom stereocenters. The van der Waals surface area contributed by atoms with Crippen molar-refractivity contribution < 1.29 is 19.2 Å². The first-order chi connectivity index (χ1) is 15.4. The first kappa shape index (κ1) is 18.4. The van der Waals surface area contributed by atoms with Gasteiger partial charge in [0.25, 0.3) is 11.8 Å². The minimum Gasteiger partial charge on any atom is -0.294 e. The highest BCUT2D eigenvalue weighted by molar-refractivity contribution is 9.11. The standard InChI is InChI=1S/C25H9Br2NO4/c26-14-5-12-16(29)7-17(30)13-6-15(27)22-9-2-4-11-19-10(24(31)28-25(11)32)3-1-8(18(9)19)21(14)23(22)20(12)13/h1-6H,7H2,(H,28,31,32). The lowest BCUT2D eigenvalue weighted by atomic mass is 9.80. The van der Waals surface area contributed by atoms with E-state index in [1.54, 1.807) is 24.3 Å². The second kappa shape index (κ2) is 5.79. The number of carbonyl (C=O) groups excluding carboxylic acids is 4. The number of fused-ring (bicyclic) bond motifs is 2. The number of hydrogen-bond acceptors (Lipinski definition) is 4. The van der Waals surface area contributed by atoms with Gasteiger partial charge in [0.2, 0.25) is 0 Å². The van der Waals surface area contributed by atoms with Crippen molar-refractivity contribution >= 4 is 98.3 Å². The average molecular weight is 547 g/mol. The molecule has 0 spiro atoms. The highest BCUT2D eigenvalue weighted by Gasteiger charge is 2.32. The molecule has 2 aliphatic rings. The van der Waals surface area contributed by atoms with Crippen LogP contribution in [0.3, 0.4) is 0 Å². The number of benzene rings is 5. The molecule has 5 aromatic rings. The summed E-state index contributed by atoms with van der Waals surface area (Å²) in [4.78, 5) is 50.6. The van der Waals surface area contributed by atoms with E-state index in [4.69, 9.17) is 0 Å². The minimum atomic E-state index is -0.420. The lowest BCUT2D eigenvalue weighted by Gasteiger charge is -2.24. The van der Waals surface area contributed by atoms with E-state index in [-0.39, 0.29) is 18.0 Å². The first-order valence-electron chi connectivity index (χ1n) is 9.88. The van der Waals surface area contributed by atoms with Crippen molar-refractivity contribution in [1.29, 1.82) is 0 Å². The number of rotatable bonds is 0. The van der Waals surface area contributed by atoms with E-state index in [1.165, 1.54) is 0 Å². The maximum atomic E-state index is 12.8. The monoisotopic (exact) mass is 545 g/mol. The summed E-state index contributed by atoms with van der Waals surface area (Å²) in [7, 11) is 0. The maximum absolute atomic E-state index is 12.8. The van der Waals surface area contributed by atoms with Gasteiger partial charge in [0.1, 0.15) is 0 Å². The van der Waals surface area contributed by atoms with Crippen LogP contribution in [-0.4, -0.2) is 23.4 Å². The third kappa shape index (κ3) is 1.99. The van der Waals surface area contributed by atoms with Crippen LogP contribution in [0.25, 0.3) is 43.1 Å². The molecule has 0 saturated carbocycles. The molecule has 1 aliphatic heterocycles. The van der Waals surface area contributed by atoms with Crippen molar-refractivity contribution in [2.75, 3.05) is 0 Å². The van der Waals surface area contributed by atoms with Crippen molar-refractivity contribution in [2.24, 2.45) is 0 Å². The number of hydrogen-bond donors (Lipinski definition) is 1. The Labute approximate surface area is 196 Å². The highest BCUT2D eigenvalue weighted by Crippen LogP contribution is 2.50. The fourth-order valence-electron chi connectivity index (χ4n) is 5.40. The summed E-state index contributed by atoms with van der Waals surface area (Å²) in [5.74, 6) is -1.23. The number of carbonyl (C=O) groups is 4. The Bertz CT molecular complexity index is 1700. The quantitative estimate of drug-likeness (QED) is 0.113. The van der Waals surface area contributed by atoms with Crippen LogP contribution in [0, 0.1) is 0 Å². The molecule has 5 nitrogen and oxygen atoms in total. The Morgan fingerprint density at radius 2 is 1.03 bits per heavy atom. The Hall–Kier alpha value is -3.16. The topological polar surface area (TPSA) is 80.3 Å². The van der Waals surface area contributed by atoms with Gasteiger partial charge in [-0.3, -0.25) is 24.5 Å². The summed E-state index contributed by atoms with van der Waals surface area (Å²) in [5.41, 5.74) is 1.96. The van der Waals surface area contributed by atoms with Gasteiger partial charge in [-0.15, -0.1) is 0 Å². The van der Waals surface area contributed by atoms with Gasteiger partial charge in [-0.25, -0.2) is 0 Å². The van der Waals surface area contributed by atoms with Gasteiger partial charge >= 0.3 is 0 Å². The summed E-state index contributed by atoms with van der Waals surface area (Å²) in [6, 6.07) is 10.8. The van der Waals surface area contributed by atoms with Gasteiger partial charge in [-0.1, -0.05) is 44.0 Å². The Balaban J connectivity index is 1.88. The first-order valence-corrected chi connectivity index (χ1v) is 11.5. The van der Waals surface area contributed by atoms with E-state index in [1.807, 2.05) is 12.1 Å². The van der Waals surface area contributed by atoms with Crippen LogP contribution in [0.1, 0.15) is 47.9 Å². The molecule has 1 heterocycles. The minimum absolute atomic E-state index is 0.143. The van der Waals surface area contributed by atoms with E-state index in [9.17, 15) is 19.2 Å². The summed E-state index contributed by atoms with van der Waals surface area (Å²) >= 11 is 7.33. The summed E-state index contributed by atoms with van der Waals surface area (Å²) in [6.45, 7) is 0. The van der Waals surface area contributed by atoms with E-state index in [2.05, 4.69) is 37.2 Å². The molecule has 2 amide bonds. The van der Waals surface area contributed by atoms with Crippen molar-refractivity contribution in [3.05, 3.63) is 67.6 Å². The van der Waals surface area contributed by atoms with Gasteiger partial charge in [0, 0.05) is 58.1 Å². The third-order valence-corrected chi connectivity index (χ3v) is 7.90. The fraction of sp³-hybridized carbons (Fsp3) is 0.0400. The molecular weight excluding hydrogens is 538 g/mol. The number of halogens is 2. The molecular formula is C25H9Br2NO4. The van der Waals surface area contributed by atoms with Crippen LogP contribution in [0.2, 0.25) is 0 Å². The molecule has 5 aromatic carbocycles. The molecule has 0 saturated heterocycles. The SMILES string of the molecule is O=C1NC(=O)c2ccc3c4c(Br)cc5c6c(cc(Br)c(c7ccc1c2c73)c64)C(=O)CC5=O. The van der Waals surface area contributed by atoms with E-state index in [0.717, 1.165) is 41.3 Å². The highest BCUT2D eigenvalue weighted by atomic mass is 79.9. The van der Waals surface area contributed by atoms with Crippen LogP contribution in [0.4, 0.5) is 0 Å². The molecule has 0 aromatic heterocycles. The van der Waals surface area contributed by atoms with E-state index in [0.29, 0.717) is 33.0 Å². The van der Waals surface area contributed by atoms with E-state index < -0.39 is 11.8 Å². The number of ketones is 2. The van der Waals surface area contributed by atoms with Crippen molar-refractivity contribution in [3.63, 3.8) is 0 Å². The zero-order valence-corrected chi connectivity index (χ0v) is 19.2. The molecule has 0 unspecified atom stereocenters. The average Bonchev–Trinajstić information content (AvgIpc) is 2.75. The molecule has 7 heteroatoms. The van der Waals surface area contributed by atoms with Gasteiger partial charge in [-0.05, 0) is 40.4 Å². The van der Waals surface area contributed by atoms with Crippen molar-refractivity contribution in [1.82, 2.24) is 5.32 Å². The van der Waals surface area contributed by atoms with E-state index >= 15 is 0 Å². The predicted molar refractivity (Wildman–Crippen MR) is 128 cm³/mol. The lowest BCUT2D eigenvalue weighted by Crippen LogP contribution is -2.34. The van der Waals surface area contributed by atoms with Crippen LogP contribution in [-0.2, 0) is 0 Å². The molecule has 0 fully saturated rings. The predicted octanol–water partition coefficient (Wildman–Crippen LogP) is 5.91. The summed E-state index contributed by atoms with van der Waals surface area (Å²) in [6.07, 6.45) is -0.143. The molecule has 0 radical (unpaired) electrons. The number of Topliss-reactive ketones (excluding diaryl/α,β-unsaturated/α-hetero) is 2. The second-order valence-electron chi connectivity index (χ2n) is 8.19. The Kier molecular flexibility index (Phi) is 3.33. The van der Waals surface area contributed by atoms with Gasteiger partial charge < -0.3 is 0 Å². The lowest BCUT2D eigenvalue weighted by molar-refractivity contribution is 0.0839. The summed E-state index contributed by atoms with van der Waals surface area (Å²) < 4.78 is 1.46. The fourth-order valence-corrected chi connectivity index (χ4v) is 6.68. The molecule has 152 valence electrons. The second-order valence-corrected chi connectivity index (χ2v) is 9.90. The van der Waals surface area contributed by atoms with Crippen LogP contribution in [0.15, 0.2) is 45.3 Å². The van der Waals surface area contributed by atoms with Crippen LogP contribution in [0.5, 0.6) is 0 Å². The maximum Gasteiger partial charge on any atom is 0.258 e. The van der Waals surface area contributed by atoms with Crippen LogP contribution < -0.4 is 5.32 Å². The van der Waals surface area contributed by atoms with Gasteiger partial charge in [0.15, 0.2) is 11.6 Å². The molecule has 1 N–H and O–H groups in total. The number of imide groups is 1. The zero-order chi connectivity index (χ0) is 22.0. The molecule has 32 heavy (non-hydrogen) atoms. The van der Waals surface area contributed by atoms with Crippen LogP contribution >= 0.6 is 31.9 Å². The normalized spacial score (nSPS) is 15.6. The van der Waals surface area contributed by atoms with Gasteiger partial charge in [0.05, 0.1) is 6.42 Å². The van der Waals surface area contributed by atoms with Crippen molar-refractivity contribution in [2.45, 2.75) is 6.42 Å². The Morgan fingerprint density at radius 1 is 0.562 bits per heavy atom. The molecule has 0 bridgehead atoms. The number of amides is 2. The summed E-state index contributed by atoms with van der Waals surface area (Å²) in [5, 5.41) is 8.71.